The van der Waals surface area contributed by atoms with E-state index in [-0.39, 0.29) is 5.82 Å². The van der Waals surface area contributed by atoms with Crippen LogP contribution in [-0.2, 0) is 6.42 Å². The number of halogens is 2. The smallest absolute Gasteiger partial charge is 0.127 e. The van der Waals surface area contributed by atoms with Crippen molar-refractivity contribution in [3.05, 3.63) is 34.6 Å². The number of hydrogen-bond donors (Lipinski definition) is 2. The lowest BCUT2D eigenvalue weighted by atomic mass is 9.87. The van der Waals surface area contributed by atoms with Crippen molar-refractivity contribution in [2.75, 3.05) is 13.1 Å². The molecule has 4 heteroatoms. The van der Waals surface area contributed by atoms with Crippen LogP contribution in [0.1, 0.15) is 18.4 Å². The first-order chi connectivity index (χ1) is 7.59. The van der Waals surface area contributed by atoms with E-state index in [9.17, 15) is 9.50 Å². The maximum absolute atomic E-state index is 13.6. The Morgan fingerprint density at radius 3 is 2.94 bits per heavy atom. The maximum Gasteiger partial charge on any atom is 0.127 e. The van der Waals surface area contributed by atoms with Gasteiger partial charge in [-0.3, -0.25) is 0 Å². The average molecular weight is 244 g/mol. The Bertz CT molecular complexity index is 377. The zero-order valence-corrected chi connectivity index (χ0v) is 9.73. The minimum atomic E-state index is -0.826. The summed E-state index contributed by atoms with van der Waals surface area (Å²) in [6.45, 7) is 1.44. The molecule has 1 unspecified atom stereocenters. The number of nitrogens with one attached hydrogen (secondary N) is 1. The Kier molecular flexibility index (Phi) is 3.47. The molecule has 0 aromatic heterocycles. The zero-order valence-electron chi connectivity index (χ0n) is 8.97. The van der Waals surface area contributed by atoms with Crippen LogP contribution in [0, 0.1) is 5.82 Å². The van der Waals surface area contributed by atoms with E-state index in [1.165, 1.54) is 6.07 Å². The monoisotopic (exact) mass is 243 g/mol. The number of β-amino-alcohol motifs (C(OH)–C–C–N with tert-alkyl or cyclic N) is 1. The lowest BCUT2D eigenvalue weighted by Crippen LogP contribution is -2.47. The summed E-state index contributed by atoms with van der Waals surface area (Å²) in [6, 6.07) is 4.58. The lowest BCUT2D eigenvalue weighted by Gasteiger charge is -2.32. The molecule has 1 saturated heterocycles. The number of rotatable bonds is 2. The largest absolute Gasteiger partial charge is 0.388 e. The summed E-state index contributed by atoms with van der Waals surface area (Å²) in [5.74, 6) is -0.341. The van der Waals surface area contributed by atoms with Gasteiger partial charge in [-0.1, -0.05) is 17.7 Å². The fraction of sp³-hybridized carbons (Fsp3) is 0.500. The maximum atomic E-state index is 13.6. The molecular formula is C12H15ClFNO. The normalized spacial score (nSPS) is 25.7. The molecule has 2 rings (SSSR count). The first-order valence-electron chi connectivity index (χ1n) is 5.46. The summed E-state index contributed by atoms with van der Waals surface area (Å²) in [6.07, 6.45) is 1.97. The van der Waals surface area contributed by atoms with Crippen molar-refractivity contribution in [1.82, 2.24) is 5.32 Å². The van der Waals surface area contributed by atoms with E-state index in [2.05, 4.69) is 5.32 Å². The van der Waals surface area contributed by atoms with Gasteiger partial charge in [-0.2, -0.15) is 0 Å². The molecule has 16 heavy (non-hydrogen) atoms. The second-order valence-corrected chi connectivity index (χ2v) is 4.85. The molecule has 0 saturated carbocycles. The van der Waals surface area contributed by atoms with Gasteiger partial charge in [0.05, 0.1) is 5.60 Å². The highest BCUT2D eigenvalue weighted by molar-refractivity contribution is 6.30. The molecule has 1 heterocycles. The molecule has 2 nitrogen and oxygen atoms in total. The Morgan fingerprint density at radius 1 is 1.50 bits per heavy atom. The Hall–Kier alpha value is -0.640. The van der Waals surface area contributed by atoms with Crippen LogP contribution >= 0.6 is 11.6 Å². The van der Waals surface area contributed by atoms with Crippen LogP contribution in [0.15, 0.2) is 18.2 Å². The summed E-state index contributed by atoms with van der Waals surface area (Å²) in [5.41, 5.74) is -0.303. The Labute approximate surface area is 99.4 Å². The van der Waals surface area contributed by atoms with Gasteiger partial charge in [0, 0.05) is 18.0 Å². The van der Waals surface area contributed by atoms with Crippen molar-refractivity contribution < 1.29 is 9.50 Å². The molecular weight excluding hydrogens is 229 g/mol. The van der Waals surface area contributed by atoms with Crippen LogP contribution in [-0.4, -0.2) is 23.8 Å². The molecule has 2 N–H and O–H groups in total. The molecule has 1 aliphatic heterocycles. The topological polar surface area (TPSA) is 32.3 Å². The first-order valence-corrected chi connectivity index (χ1v) is 5.84. The van der Waals surface area contributed by atoms with Crippen LogP contribution in [0.3, 0.4) is 0 Å². The lowest BCUT2D eigenvalue weighted by molar-refractivity contribution is 0.0162. The van der Waals surface area contributed by atoms with Gasteiger partial charge >= 0.3 is 0 Å². The van der Waals surface area contributed by atoms with Crippen molar-refractivity contribution in [1.29, 1.82) is 0 Å². The highest BCUT2D eigenvalue weighted by Gasteiger charge is 2.30. The highest BCUT2D eigenvalue weighted by Crippen LogP contribution is 2.24. The van der Waals surface area contributed by atoms with Gasteiger partial charge in [-0.05, 0) is 37.1 Å². The molecule has 1 aromatic rings. The summed E-state index contributed by atoms with van der Waals surface area (Å²) < 4.78 is 13.6. The number of aliphatic hydroxyl groups is 1. The molecule has 1 fully saturated rings. The highest BCUT2D eigenvalue weighted by atomic mass is 35.5. The molecule has 0 amide bonds. The van der Waals surface area contributed by atoms with Crippen LogP contribution in [0.2, 0.25) is 5.02 Å². The summed E-state index contributed by atoms with van der Waals surface area (Å²) >= 11 is 5.68. The third-order valence-corrected chi connectivity index (χ3v) is 3.22. The first kappa shape index (κ1) is 11.8. The summed E-state index contributed by atoms with van der Waals surface area (Å²) in [7, 11) is 0. The van der Waals surface area contributed by atoms with E-state index in [0.717, 1.165) is 13.0 Å². The third-order valence-electron chi connectivity index (χ3n) is 2.98. The van der Waals surface area contributed by atoms with Crippen molar-refractivity contribution in [2.24, 2.45) is 0 Å². The molecule has 0 bridgehead atoms. The van der Waals surface area contributed by atoms with E-state index in [1.54, 1.807) is 12.1 Å². The van der Waals surface area contributed by atoms with Crippen molar-refractivity contribution in [2.45, 2.75) is 24.9 Å². The van der Waals surface area contributed by atoms with E-state index in [4.69, 9.17) is 11.6 Å². The molecule has 88 valence electrons. The second kappa shape index (κ2) is 4.70. The molecule has 1 atom stereocenters. The molecule has 1 aliphatic rings. The zero-order chi connectivity index (χ0) is 11.6. The standard InChI is InChI=1S/C12H15ClFNO/c13-10-3-2-9(11(14)6-10)7-12(16)4-1-5-15-8-12/h2-3,6,15-16H,1,4-5,7-8H2. The Morgan fingerprint density at radius 2 is 2.31 bits per heavy atom. The predicted octanol–water partition coefficient (Wildman–Crippen LogP) is 2.14. The van der Waals surface area contributed by atoms with Crippen LogP contribution in [0.4, 0.5) is 4.39 Å². The van der Waals surface area contributed by atoms with Gasteiger partial charge in [0.2, 0.25) is 0 Å². The molecule has 0 radical (unpaired) electrons. The molecule has 0 aliphatic carbocycles. The minimum absolute atomic E-state index is 0.336. The van der Waals surface area contributed by atoms with Crippen LogP contribution < -0.4 is 5.32 Å². The van der Waals surface area contributed by atoms with E-state index in [0.29, 0.717) is 30.0 Å². The average Bonchev–Trinajstić information content (AvgIpc) is 2.23. The molecule has 0 spiro atoms. The molecule has 1 aromatic carbocycles. The van der Waals surface area contributed by atoms with Crippen LogP contribution in [0.25, 0.3) is 0 Å². The Balaban J connectivity index is 2.13. The fourth-order valence-electron chi connectivity index (χ4n) is 2.12. The number of benzene rings is 1. The van der Waals surface area contributed by atoms with Gasteiger partial charge in [-0.25, -0.2) is 4.39 Å². The summed E-state index contributed by atoms with van der Waals surface area (Å²) in [4.78, 5) is 0. The van der Waals surface area contributed by atoms with E-state index < -0.39 is 5.60 Å². The quantitative estimate of drug-likeness (QED) is 0.834. The van der Waals surface area contributed by atoms with Gasteiger partial charge in [0.15, 0.2) is 0 Å². The van der Waals surface area contributed by atoms with Crippen molar-refractivity contribution in [3.8, 4) is 0 Å². The number of piperidine rings is 1. The van der Waals surface area contributed by atoms with Crippen molar-refractivity contribution in [3.63, 3.8) is 0 Å². The minimum Gasteiger partial charge on any atom is -0.388 e. The van der Waals surface area contributed by atoms with Crippen LogP contribution in [0.5, 0.6) is 0 Å². The second-order valence-electron chi connectivity index (χ2n) is 4.42. The van der Waals surface area contributed by atoms with E-state index >= 15 is 0 Å². The summed E-state index contributed by atoms with van der Waals surface area (Å²) in [5, 5.41) is 13.8. The third kappa shape index (κ3) is 2.73. The predicted molar refractivity (Wildman–Crippen MR) is 62.2 cm³/mol. The van der Waals surface area contributed by atoms with Gasteiger partial charge in [0.1, 0.15) is 5.82 Å². The van der Waals surface area contributed by atoms with E-state index in [1.807, 2.05) is 0 Å². The van der Waals surface area contributed by atoms with Gasteiger partial charge in [-0.15, -0.1) is 0 Å². The van der Waals surface area contributed by atoms with Gasteiger partial charge in [0.25, 0.3) is 0 Å². The van der Waals surface area contributed by atoms with Gasteiger partial charge < -0.3 is 10.4 Å². The van der Waals surface area contributed by atoms with Crippen molar-refractivity contribution >= 4 is 11.6 Å². The number of hydrogen-bond acceptors (Lipinski definition) is 2. The fourth-order valence-corrected chi connectivity index (χ4v) is 2.28. The SMILES string of the molecule is OC1(Cc2ccc(Cl)cc2F)CCCNC1.